The number of pyridine rings is 1. The second kappa shape index (κ2) is 5.28. The summed E-state index contributed by atoms with van der Waals surface area (Å²) < 4.78 is 6.95. The Morgan fingerprint density at radius 2 is 2.08 bits per heavy atom. The summed E-state index contributed by atoms with van der Waals surface area (Å²) >= 11 is 0. The van der Waals surface area contributed by atoms with Crippen LogP contribution in [-0.2, 0) is 16.6 Å². The van der Waals surface area contributed by atoms with E-state index in [1.165, 1.54) is 7.11 Å². The van der Waals surface area contributed by atoms with Crippen molar-refractivity contribution in [2.45, 2.75) is 27.2 Å². The number of hydrogen-bond acceptors (Lipinski definition) is 5. The molecule has 0 N–H and O–H groups in total. The van der Waals surface area contributed by atoms with E-state index in [0.717, 1.165) is 12.2 Å². The third-order valence-electron chi connectivity index (χ3n) is 6.35. The van der Waals surface area contributed by atoms with Gasteiger partial charge in [-0.2, -0.15) is 0 Å². The molecule has 1 aliphatic heterocycles. The summed E-state index contributed by atoms with van der Waals surface area (Å²) in [7, 11) is 3.31. The molecule has 2 atom stereocenters. The van der Waals surface area contributed by atoms with Crippen molar-refractivity contribution in [3.63, 3.8) is 0 Å². The van der Waals surface area contributed by atoms with Crippen LogP contribution >= 0.6 is 0 Å². The van der Waals surface area contributed by atoms with E-state index in [4.69, 9.17) is 4.74 Å². The predicted molar refractivity (Wildman–Crippen MR) is 95.5 cm³/mol. The number of ether oxygens (including phenoxy) is 1. The molecule has 1 saturated carbocycles. The van der Waals surface area contributed by atoms with Crippen molar-refractivity contribution in [2.75, 3.05) is 20.2 Å². The number of amides is 1. The van der Waals surface area contributed by atoms with Gasteiger partial charge in [-0.25, -0.2) is 9.97 Å². The quantitative estimate of drug-likeness (QED) is 0.769. The largest absolute Gasteiger partial charge is 0.469 e. The third-order valence-corrected chi connectivity index (χ3v) is 6.35. The zero-order chi connectivity index (χ0) is 18.9. The van der Waals surface area contributed by atoms with E-state index in [1.807, 2.05) is 18.5 Å². The molecule has 26 heavy (non-hydrogen) atoms. The number of rotatable bonds is 2. The summed E-state index contributed by atoms with van der Waals surface area (Å²) in [4.78, 5) is 36.4. The van der Waals surface area contributed by atoms with Gasteiger partial charge in [-0.15, -0.1) is 0 Å². The molecule has 0 radical (unpaired) electrons. The summed E-state index contributed by atoms with van der Waals surface area (Å²) in [6, 6.07) is 1.72. The first-order chi connectivity index (χ1) is 12.2. The molecule has 0 unspecified atom stereocenters. The Balaban J connectivity index is 1.71. The van der Waals surface area contributed by atoms with Crippen LogP contribution in [0, 0.1) is 23.7 Å². The Hall–Kier alpha value is -2.44. The number of methoxy groups -OCH3 is 1. The molecular formula is C19H24N4O3. The van der Waals surface area contributed by atoms with Crippen molar-refractivity contribution in [3.05, 3.63) is 23.7 Å². The van der Waals surface area contributed by atoms with Gasteiger partial charge < -0.3 is 14.2 Å². The van der Waals surface area contributed by atoms with Crippen LogP contribution in [0.4, 0.5) is 0 Å². The van der Waals surface area contributed by atoms with Gasteiger partial charge in [0.15, 0.2) is 5.65 Å². The lowest BCUT2D eigenvalue weighted by Gasteiger charge is -2.54. The van der Waals surface area contributed by atoms with Gasteiger partial charge >= 0.3 is 5.97 Å². The number of carbonyl (C=O) groups is 2. The molecule has 2 aromatic rings. The normalized spacial score (nSPS) is 26.5. The van der Waals surface area contributed by atoms with Crippen molar-refractivity contribution >= 4 is 23.0 Å². The monoisotopic (exact) mass is 356 g/mol. The van der Waals surface area contributed by atoms with Gasteiger partial charge in [0.25, 0.3) is 5.91 Å². The average molecular weight is 356 g/mol. The van der Waals surface area contributed by atoms with Crippen molar-refractivity contribution < 1.29 is 14.3 Å². The van der Waals surface area contributed by atoms with Crippen molar-refractivity contribution in [1.29, 1.82) is 0 Å². The Morgan fingerprint density at radius 3 is 2.73 bits per heavy atom. The SMILES string of the molecule is COC(=O)[C@@]12CN(C(=O)c3ccnc4c3nc(C)n4C)C[C@@H]1C(C)(C)C2. The van der Waals surface area contributed by atoms with Crippen LogP contribution < -0.4 is 0 Å². The smallest absolute Gasteiger partial charge is 0.314 e. The molecule has 2 fully saturated rings. The Labute approximate surface area is 152 Å². The molecular weight excluding hydrogens is 332 g/mol. The van der Waals surface area contributed by atoms with Gasteiger partial charge in [0.2, 0.25) is 0 Å². The number of nitrogens with zero attached hydrogens (tertiary/aromatic N) is 4. The summed E-state index contributed by atoms with van der Waals surface area (Å²) in [5.74, 6) is 0.630. The van der Waals surface area contributed by atoms with E-state index < -0.39 is 5.41 Å². The van der Waals surface area contributed by atoms with E-state index >= 15 is 0 Å². The standard InChI is InChI=1S/C19H24N4O3/c1-11-21-14-12(6-7-20-15(14)22(11)4)16(24)23-8-13-18(2,3)9-19(13,10-23)17(25)26-5/h6-7,13H,8-10H2,1-5H3/t13-,19+/m1/s1. The number of fused-ring (bicyclic) bond motifs is 2. The van der Waals surface area contributed by atoms with Crippen LogP contribution in [0.1, 0.15) is 36.5 Å². The highest BCUT2D eigenvalue weighted by Gasteiger charge is 2.68. The summed E-state index contributed by atoms with van der Waals surface area (Å²) in [6.45, 7) is 7.17. The summed E-state index contributed by atoms with van der Waals surface area (Å²) in [5.41, 5.74) is 1.30. The van der Waals surface area contributed by atoms with E-state index in [1.54, 1.807) is 17.2 Å². The molecule has 1 saturated heterocycles. The topological polar surface area (TPSA) is 77.3 Å². The number of likely N-dealkylation sites (tertiary alicyclic amines) is 1. The van der Waals surface area contributed by atoms with Crippen LogP contribution in [0.3, 0.4) is 0 Å². The number of aryl methyl sites for hydroxylation is 2. The van der Waals surface area contributed by atoms with Gasteiger partial charge in [-0.1, -0.05) is 13.8 Å². The Kier molecular flexibility index (Phi) is 3.45. The maximum atomic E-state index is 13.3. The number of hydrogen-bond donors (Lipinski definition) is 0. The number of esters is 1. The first kappa shape index (κ1) is 17.0. The van der Waals surface area contributed by atoms with Crippen LogP contribution in [0.2, 0.25) is 0 Å². The maximum Gasteiger partial charge on any atom is 0.314 e. The molecule has 2 aliphatic rings. The maximum absolute atomic E-state index is 13.3. The Morgan fingerprint density at radius 1 is 1.35 bits per heavy atom. The van der Waals surface area contributed by atoms with Crippen molar-refractivity contribution in [3.8, 4) is 0 Å². The van der Waals surface area contributed by atoms with Gasteiger partial charge in [-0.05, 0) is 30.7 Å². The first-order valence-electron chi connectivity index (χ1n) is 8.87. The molecule has 2 aromatic heterocycles. The molecule has 138 valence electrons. The minimum atomic E-state index is -0.569. The average Bonchev–Trinajstić information content (AvgIpc) is 3.10. The van der Waals surface area contributed by atoms with Gasteiger partial charge in [0.05, 0.1) is 18.1 Å². The fourth-order valence-corrected chi connectivity index (χ4v) is 5.06. The summed E-state index contributed by atoms with van der Waals surface area (Å²) in [5, 5.41) is 0. The minimum absolute atomic E-state index is 0.0262. The molecule has 4 rings (SSSR count). The molecule has 1 amide bonds. The highest BCUT2D eigenvalue weighted by atomic mass is 16.5. The lowest BCUT2D eigenvalue weighted by atomic mass is 9.48. The fraction of sp³-hybridized carbons (Fsp3) is 0.579. The van der Waals surface area contributed by atoms with Gasteiger partial charge in [-0.3, -0.25) is 9.59 Å². The molecule has 7 nitrogen and oxygen atoms in total. The van der Waals surface area contributed by atoms with Crippen molar-refractivity contribution in [2.24, 2.45) is 23.8 Å². The highest BCUT2D eigenvalue weighted by molar-refractivity contribution is 6.04. The number of imidazole rings is 1. The number of aromatic nitrogens is 3. The number of carbonyl (C=O) groups excluding carboxylic acids is 2. The highest BCUT2D eigenvalue weighted by Crippen LogP contribution is 2.63. The molecule has 1 aliphatic carbocycles. The van der Waals surface area contributed by atoms with Crippen LogP contribution in [-0.4, -0.2) is 51.5 Å². The third kappa shape index (κ3) is 2.06. The first-order valence-corrected chi connectivity index (χ1v) is 8.87. The molecule has 0 bridgehead atoms. The molecule has 3 heterocycles. The molecule has 7 heteroatoms. The van der Waals surface area contributed by atoms with Crippen LogP contribution in [0.5, 0.6) is 0 Å². The summed E-state index contributed by atoms with van der Waals surface area (Å²) in [6.07, 6.45) is 2.39. The fourth-order valence-electron chi connectivity index (χ4n) is 5.06. The zero-order valence-electron chi connectivity index (χ0n) is 15.9. The van der Waals surface area contributed by atoms with Crippen LogP contribution in [0.25, 0.3) is 11.2 Å². The molecule has 0 aromatic carbocycles. The van der Waals surface area contributed by atoms with Crippen molar-refractivity contribution in [1.82, 2.24) is 19.4 Å². The second-order valence-electron chi connectivity index (χ2n) is 8.30. The van der Waals surface area contributed by atoms with Gasteiger partial charge in [0.1, 0.15) is 11.3 Å². The lowest BCUT2D eigenvalue weighted by Crippen LogP contribution is -2.57. The van der Waals surface area contributed by atoms with E-state index in [0.29, 0.717) is 29.8 Å². The van der Waals surface area contributed by atoms with E-state index in [2.05, 4.69) is 23.8 Å². The lowest BCUT2D eigenvalue weighted by molar-refractivity contribution is -0.174. The van der Waals surface area contributed by atoms with E-state index in [-0.39, 0.29) is 23.2 Å². The predicted octanol–water partition coefficient (Wildman–Crippen LogP) is 1.94. The zero-order valence-corrected chi connectivity index (χ0v) is 15.9. The minimum Gasteiger partial charge on any atom is -0.469 e. The van der Waals surface area contributed by atoms with Crippen LogP contribution in [0.15, 0.2) is 12.3 Å². The van der Waals surface area contributed by atoms with Gasteiger partial charge in [0, 0.05) is 26.3 Å². The van der Waals surface area contributed by atoms with E-state index in [9.17, 15) is 9.59 Å². The Bertz CT molecular complexity index is 932. The molecule has 0 spiro atoms. The second-order valence-corrected chi connectivity index (χ2v) is 8.30.